The first kappa shape index (κ1) is 19.9. The van der Waals surface area contributed by atoms with E-state index in [2.05, 4.69) is 39.6 Å². The second kappa shape index (κ2) is 9.88. The van der Waals surface area contributed by atoms with Crippen molar-refractivity contribution < 1.29 is 4.79 Å². The fraction of sp³-hybridized carbons (Fsp3) is 0.500. The van der Waals surface area contributed by atoms with Crippen LogP contribution >= 0.6 is 0 Å². The molecule has 1 aliphatic heterocycles. The molecule has 154 valence electrons. The molecule has 2 aromatic rings. The minimum atomic E-state index is 0.0541. The Morgan fingerprint density at radius 1 is 1.07 bits per heavy atom. The summed E-state index contributed by atoms with van der Waals surface area (Å²) in [5.74, 6) is 1.71. The van der Waals surface area contributed by atoms with Crippen LogP contribution < -0.4 is 5.32 Å². The molecular formula is C24H32N4O. The molecule has 2 heterocycles. The molecule has 1 N–H and O–H groups in total. The fourth-order valence-corrected chi connectivity index (χ4v) is 4.55. The summed E-state index contributed by atoms with van der Waals surface area (Å²) in [6, 6.07) is 12.4. The van der Waals surface area contributed by atoms with Crippen molar-refractivity contribution in [3.05, 3.63) is 60.3 Å². The van der Waals surface area contributed by atoms with Crippen molar-refractivity contribution in [3.63, 3.8) is 0 Å². The van der Waals surface area contributed by atoms with E-state index in [0.717, 1.165) is 44.1 Å². The lowest BCUT2D eigenvalue weighted by Gasteiger charge is -2.35. The lowest BCUT2D eigenvalue weighted by atomic mass is 9.93. The van der Waals surface area contributed by atoms with Crippen LogP contribution in [0.3, 0.4) is 0 Å². The predicted molar refractivity (Wildman–Crippen MR) is 117 cm³/mol. The van der Waals surface area contributed by atoms with Crippen molar-refractivity contribution in [1.82, 2.24) is 14.7 Å². The third-order valence-corrected chi connectivity index (χ3v) is 6.22. The van der Waals surface area contributed by atoms with E-state index >= 15 is 0 Å². The van der Waals surface area contributed by atoms with E-state index in [-0.39, 0.29) is 5.91 Å². The summed E-state index contributed by atoms with van der Waals surface area (Å²) in [5, 5.41) is 7.60. The molecule has 0 radical (unpaired) electrons. The summed E-state index contributed by atoms with van der Waals surface area (Å²) in [6.45, 7) is 3.46. The van der Waals surface area contributed by atoms with Gasteiger partial charge in [-0.05, 0) is 50.0 Å². The Kier molecular flexibility index (Phi) is 6.78. The van der Waals surface area contributed by atoms with Crippen LogP contribution in [0.5, 0.6) is 0 Å². The number of rotatable bonds is 7. The number of likely N-dealkylation sites (tertiary alicyclic amines) is 1. The first-order valence-electron chi connectivity index (χ1n) is 11.0. The first-order valence-corrected chi connectivity index (χ1v) is 11.0. The number of amides is 1. The number of carbonyl (C=O) groups excluding carboxylic acids is 1. The number of nitrogens with one attached hydrogen (secondary N) is 1. The van der Waals surface area contributed by atoms with Gasteiger partial charge in [-0.15, -0.1) is 0 Å². The average Bonchev–Trinajstić information content (AvgIpc) is 3.22. The highest BCUT2D eigenvalue weighted by Gasteiger charge is 2.24. The smallest absolute Gasteiger partial charge is 0.225 e. The minimum Gasteiger partial charge on any atom is -0.311 e. The van der Waals surface area contributed by atoms with Crippen LogP contribution in [0.4, 0.5) is 5.82 Å². The van der Waals surface area contributed by atoms with E-state index in [0.29, 0.717) is 12.5 Å². The molecule has 5 nitrogen and oxygen atoms in total. The largest absolute Gasteiger partial charge is 0.311 e. The van der Waals surface area contributed by atoms with Gasteiger partial charge in [0.15, 0.2) is 0 Å². The van der Waals surface area contributed by atoms with Gasteiger partial charge >= 0.3 is 0 Å². The minimum absolute atomic E-state index is 0.0541. The molecule has 0 unspecified atom stereocenters. The number of aromatic nitrogens is 2. The average molecular weight is 393 g/mol. The number of carbonyl (C=O) groups is 1. The molecule has 1 saturated heterocycles. The first-order chi connectivity index (χ1) is 14.3. The molecule has 1 amide bonds. The van der Waals surface area contributed by atoms with E-state index < -0.39 is 0 Å². The molecule has 2 aliphatic rings. The van der Waals surface area contributed by atoms with Crippen LogP contribution in [0.25, 0.3) is 0 Å². The highest BCUT2D eigenvalue weighted by molar-refractivity contribution is 5.89. The number of anilines is 1. The van der Waals surface area contributed by atoms with Crippen LogP contribution in [0, 0.1) is 5.92 Å². The van der Waals surface area contributed by atoms with Crippen molar-refractivity contribution >= 4 is 11.7 Å². The molecule has 29 heavy (non-hydrogen) atoms. The Labute approximate surface area is 173 Å². The van der Waals surface area contributed by atoms with Gasteiger partial charge in [0.05, 0.1) is 12.2 Å². The third-order valence-electron chi connectivity index (χ3n) is 6.22. The number of hydrogen-bond acceptors (Lipinski definition) is 3. The van der Waals surface area contributed by atoms with E-state index in [1.807, 2.05) is 28.9 Å². The summed E-state index contributed by atoms with van der Waals surface area (Å²) in [6.07, 6.45) is 13.7. The summed E-state index contributed by atoms with van der Waals surface area (Å²) in [5.41, 5.74) is 1.19. The van der Waals surface area contributed by atoms with Gasteiger partial charge in [0.2, 0.25) is 5.91 Å². The van der Waals surface area contributed by atoms with Gasteiger partial charge in [-0.1, -0.05) is 42.5 Å². The SMILES string of the molecule is O=C(CCc1ccccc1)Nc1ccnn1C1CCN(C[C@H]2CC=CCC2)CC1. The maximum atomic E-state index is 12.4. The van der Waals surface area contributed by atoms with Gasteiger partial charge in [-0.3, -0.25) is 4.79 Å². The van der Waals surface area contributed by atoms with Crippen molar-refractivity contribution in [2.75, 3.05) is 25.0 Å². The Balaban J connectivity index is 1.26. The molecule has 0 saturated carbocycles. The number of allylic oxidation sites excluding steroid dienone is 2. The highest BCUT2D eigenvalue weighted by Crippen LogP contribution is 2.27. The number of benzene rings is 1. The quantitative estimate of drug-likeness (QED) is 0.709. The lowest BCUT2D eigenvalue weighted by molar-refractivity contribution is -0.116. The molecule has 4 rings (SSSR count). The Morgan fingerprint density at radius 2 is 1.90 bits per heavy atom. The summed E-state index contributed by atoms with van der Waals surface area (Å²) in [4.78, 5) is 15.0. The molecule has 0 spiro atoms. The van der Waals surface area contributed by atoms with Crippen LogP contribution in [-0.4, -0.2) is 40.2 Å². The monoisotopic (exact) mass is 392 g/mol. The van der Waals surface area contributed by atoms with Gasteiger partial charge in [-0.25, -0.2) is 4.68 Å². The molecular weight excluding hydrogens is 360 g/mol. The molecule has 5 heteroatoms. The van der Waals surface area contributed by atoms with E-state index in [9.17, 15) is 4.79 Å². The lowest BCUT2D eigenvalue weighted by Crippen LogP contribution is -2.38. The zero-order valence-corrected chi connectivity index (χ0v) is 17.2. The van der Waals surface area contributed by atoms with E-state index in [4.69, 9.17) is 0 Å². The molecule has 1 aromatic carbocycles. The second-order valence-electron chi connectivity index (χ2n) is 8.38. The topological polar surface area (TPSA) is 50.2 Å². The highest BCUT2D eigenvalue weighted by atomic mass is 16.1. The zero-order valence-electron chi connectivity index (χ0n) is 17.2. The van der Waals surface area contributed by atoms with Crippen molar-refractivity contribution in [2.45, 2.75) is 51.0 Å². The summed E-state index contributed by atoms with van der Waals surface area (Å²) < 4.78 is 2.03. The Hall–Kier alpha value is -2.40. The third kappa shape index (κ3) is 5.57. The molecule has 0 bridgehead atoms. The normalized spacial score (nSPS) is 20.6. The maximum Gasteiger partial charge on any atom is 0.225 e. The molecule has 1 fully saturated rings. The fourth-order valence-electron chi connectivity index (χ4n) is 4.55. The van der Waals surface area contributed by atoms with E-state index in [1.165, 1.54) is 31.4 Å². The van der Waals surface area contributed by atoms with Gasteiger partial charge < -0.3 is 10.2 Å². The van der Waals surface area contributed by atoms with Crippen LogP contribution in [0.1, 0.15) is 50.1 Å². The van der Waals surface area contributed by atoms with Crippen LogP contribution in [0.15, 0.2) is 54.7 Å². The maximum absolute atomic E-state index is 12.4. The Bertz CT molecular complexity index is 805. The summed E-state index contributed by atoms with van der Waals surface area (Å²) in [7, 11) is 0. The van der Waals surface area contributed by atoms with Gasteiger partial charge in [0.25, 0.3) is 0 Å². The van der Waals surface area contributed by atoms with Crippen molar-refractivity contribution in [2.24, 2.45) is 5.92 Å². The van der Waals surface area contributed by atoms with Crippen LogP contribution in [0.2, 0.25) is 0 Å². The van der Waals surface area contributed by atoms with Gasteiger partial charge in [-0.2, -0.15) is 5.10 Å². The van der Waals surface area contributed by atoms with Crippen LogP contribution in [-0.2, 0) is 11.2 Å². The number of piperidine rings is 1. The molecule has 1 aromatic heterocycles. The molecule has 1 atom stereocenters. The van der Waals surface area contributed by atoms with Crippen molar-refractivity contribution in [3.8, 4) is 0 Å². The van der Waals surface area contributed by atoms with Gasteiger partial charge in [0.1, 0.15) is 5.82 Å². The van der Waals surface area contributed by atoms with Crippen molar-refractivity contribution in [1.29, 1.82) is 0 Å². The number of nitrogens with zero attached hydrogens (tertiary/aromatic N) is 3. The number of hydrogen-bond donors (Lipinski definition) is 1. The van der Waals surface area contributed by atoms with Gasteiger partial charge in [0, 0.05) is 32.1 Å². The zero-order chi connectivity index (χ0) is 19.9. The number of aryl methyl sites for hydroxylation is 1. The molecule has 1 aliphatic carbocycles. The summed E-state index contributed by atoms with van der Waals surface area (Å²) >= 11 is 0. The predicted octanol–water partition coefficient (Wildman–Crippen LogP) is 4.45. The van der Waals surface area contributed by atoms with E-state index in [1.54, 1.807) is 6.20 Å². The standard InChI is InChI=1S/C24H32N4O/c29-24(12-11-20-7-3-1-4-8-20)26-23-13-16-25-28(23)22-14-17-27(18-15-22)19-21-9-5-2-6-10-21/h1-5,7-8,13,16,21-22H,6,9-12,14-15,17-19H2,(H,26,29)/t21-/m0/s1. The Morgan fingerprint density at radius 3 is 2.66 bits per heavy atom. The second-order valence-corrected chi connectivity index (χ2v) is 8.38.